The van der Waals surface area contributed by atoms with Gasteiger partial charge >= 0.3 is 0 Å². The molecule has 35 heavy (non-hydrogen) atoms. The molecule has 3 heterocycles. The lowest BCUT2D eigenvalue weighted by Crippen LogP contribution is -2.29. The quantitative estimate of drug-likeness (QED) is 0.394. The predicted molar refractivity (Wildman–Crippen MR) is 142 cm³/mol. The number of nitrogens with zero attached hydrogens (tertiary/aromatic N) is 5. The number of halogens is 1. The molecule has 180 valence electrons. The van der Waals surface area contributed by atoms with Crippen LogP contribution in [0.2, 0.25) is 0 Å². The second-order valence-electron chi connectivity index (χ2n) is 8.73. The molecule has 4 aromatic rings. The maximum absolute atomic E-state index is 12.1. The third-order valence-electron chi connectivity index (χ3n) is 5.73. The number of benzene rings is 2. The summed E-state index contributed by atoms with van der Waals surface area (Å²) in [5, 5.41) is 7.08. The first-order valence-electron chi connectivity index (χ1n) is 11.6. The van der Waals surface area contributed by atoms with E-state index in [2.05, 4.69) is 36.6 Å². The van der Waals surface area contributed by atoms with Crippen LogP contribution in [0, 0.1) is 0 Å². The van der Waals surface area contributed by atoms with Gasteiger partial charge in [-0.05, 0) is 69.2 Å². The minimum atomic E-state index is -0.0902. The molecule has 8 nitrogen and oxygen atoms in total. The van der Waals surface area contributed by atoms with Crippen molar-refractivity contribution >= 4 is 46.8 Å². The number of aromatic nitrogens is 4. The first-order chi connectivity index (χ1) is 16.5. The fourth-order valence-corrected chi connectivity index (χ4v) is 4.01. The Labute approximate surface area is 210 Å². The van der Waals surface area contributed by atoms with Crippen molar-refractivity contribution in [3.63, 3.8) is 0 Å². The Bertz CT molecular complexity index is 1320. The van der Waals surface area contributed by atoms with E-state index in [1.54, 1.807) is 18.3 Å². The molecule has 2 aromatic heterocycles. The summed E-state index contributed by atoms with van der Waals surface area (Å²) in [6, 6.07) is 15.3. The summed E-state index contributed by atoms with van der Waals surface area (Å²) in [5.41, 5.74) is 4.11. The average molecular weight is 490 g/mol. The fraction of sp³-hybridized carbons (Fsp3) is 0.269. The molecule has 0 radical (unpaired) electrons. The topological polar surface area (TPSA) is 95.9 Å². The Kier molecular flexibility index (Phi) is 7.41. The van der Waals surface area contributed by atoms with E-state index in [1.807, 2.05) is 50.4 Å². The highest BCUT2D eigenvalue weighted by Gasteiger charge is 2.15. The van der Waals surface area contributed by atoms with E-state index in [9.17, 15) is 4.79 Å². The number of fused-ring (bicyclic) bond motifs is 1. The Morgan fingerprint density at radius 1 is 0.971 bits per heavy atom. The van der Waals surface area contributed by atoms with Gasteiger partial charge < -0.3 is 15.5 Å². The van der Waals surface area contributed by atoms with Gasteiger partial charge in [0.1, 0.15) is 0 Å². The molecule has 2 N–H and O–H groups in total. The lowest BCUT2D eigenvalue weighted by molar-refractivity contribution is 0.0943. The van der Waals surface area contributed by atoms with Crippen LogP contribution in [0.15, 0.2) is 60.9 Å². The summed E-state index contributed by atoms with van der Waals surface area (Å²) in [7, 11) is 0. The van der Waals surface area contributed by atoms with Gasteiger partial charge in [-0.25, -0.2) is 19.9 Å². The first kappa shape index (κ1) is 24.3. The number of nitrogens with one attached hydrogen (secondary N) is 2. The number of anilines is 3. The second kappa shape index (κ2) is 10.7. The third kappa shape index (κ3) is 5.66. The average Bonchev–Trinajstić information content (AvgIpc) is 3.39. The molecule has 0 saturated carbocycles. The van der Waals surface area contributed by atoms with Crippen LogP contribution in [0.1, 0.15) is 37.0 Å². The second-order valence-corrected chi connectivity index (χ2v) is 8.73. The molecular weight excluding hydrogens is 462 g/mol. The molecule has 0 unspecified atom stereocenters. The molecule has 5 rings (SSSR count). The third-order valence-corrected chi connectivity index (χ3v) is 5.73. The molecular formula is C26H28ClN7O. The Balaban J connectivity index is 0.00000289. The van der Waals surface area contributed by atoms with Crippen LogP contribution >= 0.6 is 12.4 Å². The molecule has 9 heteroatoms. The zero-order valence-electron chi connectivity index (χ0n) is 19.7. The number of rotatable bonds is 6. The van der Waals surface area contributed by atoms with Crippen molar-refractivity contribution < 1.29 is 4.79 Å². The van der Waals surface area contributed by atoms with Crippen molar-refractivity contribution in [1.29, 1.82) is 0 Å². The van der Waals surface area contributed by atoms with Gasteiger partial charge in [-0.3, -0.25) is 4.79 Å². The van der Waals surface area contributed by atoms with Crippen LogP contribution in [0.5, 0.6) is 0 Å². The zero-order valence-corrected chi connectivity index (χ0v) is 20.5. The normalized spacial score (nSPS) is 13.1. The van der Waals surface area contributed by atoms with E-state index in [0.29, 0.717) is 11.5 Å². The maximum Gasteiger partial charge on any atom is 0.251 e. The van der Waals surface area contributed by atoms with Crippen LogP contribution in [0.25, 0.3) is 22.2 Å². The summed E-state index contributed by atoms with van der Waals surface area (Å²) in [6.45, 7) is 5.92. The predicted octanol–water partition coefficient (Wildman–Crippen LogP) is 4.99. The van der Waals surface area contributed by atoms with Crippen molar-refractivity contribution in [1.82, 2.24) is 25.3 Å². The van der Waals surface area contributed by atoms with Gasteiger partial charge in [0.05, 0.1) is 11.2 Å². The van der Waals surface area contributed by atoms with Crippen molar-refractivity contribution in [2.45, 2.75) is 32.7 Å². The van der Waals surface area contributed by atoms with Gasteiger partial charge in [0.2, 0.25) is 11.9 Å². The Hall–Kier alpha value is -3.78. The van der Waals surface area contributed by atoms with Gasteiger partial charge in [0.15, 0.2) is 0 Å². The summed E-state index contributed by atoms with van der Waals surface area (Å²) in [6.07, 6.45) is 6.01. The number of carbonyl (C=O) groups excluding carboxylic acids is 1. The van der Waals surface area contributed by atoms with Crippen LogP contribution in [0.4, 0.5) is 17.6 Å². The van der Waals surface area contributed by atoms with E-state index in [0.717, 1.165) is 46.9 Å². The SMILES string of the molecule is CC(C)NC(=O)c1ccc(Nc2nccc(-c3ccc4nc(N5CCCC5)ncc4c3)n2)cc1.Cl. The summed E-state index contributed by atoms with van der Waals surface area (Å²) >= 11 is 0. The van der Waals surface area contributed by atoms with E-state index < -0.39 is 0 Å². The molecule has 0 bridgehead atoms. The minimum absolute atomic E-state index is 0. The standard InChI is InChI=1S/C26H27N7O.ClH/c1-17(2)29-24(34)18-5-8-21(9-6-18)30-25-27-12-11-23(31-25)19-7-10-22-20(15-19)16-28-26(32-22)33-13-3-4-14-33;/h5-12,15-17H,3-4,13-14H2,1-2H3,(H,29,34)(H,27,30,31);1H. The van der Waals surface area contributed by atoms with Gasteiger partial charge in [0.25, 0.3) is 5.91 Å². The van der Waals surface area contributed by atoms with Gasteiger partial charge in [-0.2, -0.15) is 0 Å². The van der Waals surface area contributed by atoms with Crippen LogP contribution in [-0.2, 0) is 0 Å². The highest BCUT2D eigenvalue weighted by molar-refractivity contribution is 5.94. The monoisotopic (exact) mass is 489 g/mol. The number of amides is 1. The summed E-state index contributed by atoms with van der Waals surface area (Å²) in [4.78, 5) is 32.7. The molecule has 0 atom stereocenters. The number of carbonyl (C=O) groups is 1. The fourth-order valence-electron chi connectivity index (χ4n) is 4.01. The lowest BCUT2D eigenvalue weighted by atomic mass is 10.1. The molecule has 2 aromatic carbocycles. The smallest absolute Gasteiger partial charge is 0.251 e. The highest BCUT2D eigenvalue weighted by atomic mass is 35.5. The molecule has 1 fully saturated rings. The first-order valence-corrected chi connectivity index (χ1v) is 11.6. The van der Waals surface area contributed by atoms with E-state index >= 15 is 0 Å². The lowest BCUT2D eigenvalue weighted by Gasteiger charge is -2.15. The molecule has 1 aliphatic rings. The molecule has 1 aliphatic heterocycles. The Morgan fingerprint density at radius 3 is 2.49 bits per heavy atom. The number of hydrogen-bond acceptors (Lipinski definition) is 7. The van der Waals surface area contributed by atoms with Crippen molar-refractivity contribution in [2.24, 2.45) is 0 Å². The van der Waals surface area contributed by atoms with Crippen LogP contribution in [0.3, 0.4) is 0 Å². The summed E-state index contributed by atoms with van der Waals surface area (Å²) in [5.74, 6) is 1.20. The minimum Gasteiger partial charge on any atom is -0.350 e. The molecule has 1 amide bonds. The number of hydrogen-bond donors (Lipinski definition) is 2. The van der Waals surface area contributed by atoms with Crippen molar-refractivity contribution in [2.75, 3.05) is 23.3 Å². The summed E-state index contributed by atoms with van der Waals surface area (Å²) < 4.78 is 0. The largest absolute Gasteiger partial charge is 0.350 e. The molecule has 0 spiro atoms. The van der Waals surface area contributed by atoms with Crippen molar-refractivity contribution in [3.05, 3.63) is 66.5 Å². The molecule has 0 aliphatic carbocycles. The Morgan fingerprint density at radius 2 is 1.74 bits per heavy atom. The maximum atomic E-state index is 12.1. The van der Waals surface area contributed by atoms with Crippen LogP contribution < -0.4 is 15.5 Å². The van der Waals surface area contributed by atoms with Crippen LogP contribution in [-0.4, -0.2) is 45.0 Å². The molecule has 1 saturated heterocycles. The van der Waals surface area contributed by atoms with E-state index in [-0.39, 0.29) is 24.4 Å². The van der Waals surface area contributed by atoms with Gasteiger partial charge in [-0.1, -0.05) is 6.07 Å². The van der Waals surface area contributed by atoms with E-state index in [4.69, 9.17) is 4.98 Å². The van der Waals surface area contributed by atoms with Crippen molar-refractivity contribution in [3.8, 4) is 11.3 Å². The van der Waals surface area contributed by atoms with Gasteiger partial charge in [0, 0.05) is 53.7 Å². The highest BCUT2D eigenvalue weighted by Crippen LogP contribution is 2.25. The zero-order chi connectivity index (χ0) is 23.5. The van der Waals surface area contributed by atoms with Gasteiger partial charge in [-0.15, -0.1) is 12.4 Å². The van der Waals surface area contributed by atoms with E-state index in [1.165, 1.54) is 12.8 Å².